The summed E-state index contributed by atoms with van der Waals surface area (Å²) in [5, 5.41) is 8.12. The number of hydrogen-bond donors (Lipinski definition) is 2. The van der Waals surface area contributed by atoms with Crippen molar-refractivity contribution in [2.24, 2.45) is 0 Å². The molecule has 1 amide bonds. The van der Waals surface area contributed by atoms with Crippen molar-refractivity contribution in [3.63, 3.8) is 0 Å². The van der Waals surface area contributed by atoms with Crippen LogP contribution in [0, 0.1) is 0 Å². The number of carbonyl (C=O) groups is 1. The Bertz CT molecular complexity index is 933. The van der Waals surface area contributed by atoms with E-state index in [1.165, 1.54) is 5.69 Å². The first-order valence-corrected chi connectivity index (χ1v) is 10.3. The van der Waals surface area contributed by atoms with E-state index in [-0.39, 0.29) is 11.9 Å². The van der Waals surface area contributed by atoms with Gasteiger partial charge in [0.25, 0.3) is 0 Å². The maximum Gasteiger partial charge on any atom is 0.223 e. The minimum Gasteiger partial charge on any atom is -0.340 e. The number of rotatable bonds is 4. The third-order valence-corrected chi connectivity index (χ3v) is 5.83. The Balaban J connectivity index is 1.27. The largest absolute Gasteiger partial charge is 0.340 e. The summed E-state index contributed by atoms with van der Waals surface area (Å²) in [7, 11) is 0. The van der Waals surface area contributed by atoms with Gasteiger partial charge < -0.3 is 15.2 Å². The van der Waals surface area contributed by atoms with E-state index in [1.807, 2.05) is 29.2 Å². The number of aryl methyl sites for hydroxylation is 2. The zero-order chi connectivity index (χ0) is 18.9. The molecule has 0 bridgehead atoms. The lowest BCUT2D eigenvalue weighted by molar-refractivity contribution is -0.132. The summed E-state index contributed by atoms with van der Waals surface area (Å²) < 4.78 is 2.09. The number of amides is 1. The molecule has 2 aromatic heterocycles. The van der Waals surface area contributed by atoms with E-state index in [1.54, 1.807) is 0 Å². The Hall–Kier alpha value is -2.67. The highest BCUT2D eigenvalue weighted by molar-refractivity contribution is 5.78. The summed E-state index contributed by atoms with van der Waals surface area (Å²) in [4.78, 5) is 23.1. The normalized spacial score (nSPS) is 19.7. The number of nitrogens with zero attached hydrogens (tertiary/aromatic N) is 4. The molecule has 0 spiro atoms. The molecular formula is C21H26N6O. The van der Waals surface area contributed by atoms with Gasteiger partial charge in [0.1, 0.15) is 5.82 Å². The molecule has 0 unspecified atom stereocenters. The van der Waals surface area contributed by atoms with E-state index >= 15 is 0 Å². The first kappa shape index (κ1) is 17.4. The lowest BCUT2D eigenvalue weighted by atomic mass is 10.1. The SMILES string of the molecule is O=C(CCc1cc2n(n1)CCCNC2)N1CCC[C@@H]1c1nc2ccccc2[nH]1. The first-order chi connectivity index (χ1) is 13.8. The molecule has 0 saturated carbocycles. The van der Waals surface area contributed by atoms with Gasteiger partial charge in [-0.1, -0.05) is 12.1 Å². The molecule has 7 nitrogen and oxygen atoms in total. The zero-order valence-electron chi connectivity index (χ0n) is 16.0. The van der Waals surface area contributed by atoms with Gasteiger partial charge in [-0.2, -0.15) is 5.10 Å². The highest BCUT2D eigenvalue weighted by Gasteiger charge is 2.31. The van der Waals surface area contributed by atoms with Crippen LogP contribution in [0.3, 0.4) is 0 Å². The minimum absolute atomic E-state index is 0.0582. The second-order valence-corrected chi connectivity index (χ2v) is 7.76. The van der Waals surface area contributed by atoms with Crippen molar-refractivity contribution >= 4 is 16.9 Å². The lowest BCUT2D eigenvalue weighted by Crippen LogP contribution is -2.31. The summed E-state index contributed by atoms with van der Waals surface area (Å²) in [6, 6.07) is 10.2. The van der Waals surface area contributed by atoms with Gasteiger partial charge in [0.2, 0.25) is 5.91 Å². The van der Waals surface area contributed by atoms with Crippen molar-refractivity contribution in [2.75, 3.05) is 13.1 Å². The molecule has 0 aliphatic carbocycles. The average molecular weight is 378 g/mol. The third kappa shape index (κ3) is 3.30. The van der Waals surface area contributed by atoms with Gasteiger partial charge in [-0.05, 0) is 44.0 Å². The van der Waals surface area contributed by atoms with Crippen molar-refractivity contribution in [1.29, 1.82) is 0 Å². The number of nitrogens with one attached hydrogen (secondary N) is 2. The Morgan fingerprint density at radius 1 is 1.21 bits per heavy atom. The van der Waals surface area contributed by atoms with Crippen LogP contribution in [0.5, 0.6) is 0 Å². The smallest absolute Gasteiger partial charge is 0.223 e. The summed E-state index contributed by atoms with van der Waals surface area (Å²) in [5.41, 5.74) is 4.24. The number of para-hydroxylation sites is 2. The van der Waals surface area contributed by atoms with Gasteiger partial charge in [0, 0.05) is 32.5 Å². The Morgan fingerprint density at radius 3 is 3.07 bits per heavy atom. The van der Waals surface area contributed by atoms with Crippen LogP contribution >= 0.6 is 0 Å². The Labute approximate surface area is 164 Å². The van der Waals surface area contributed by atoms with Gasteiger partial charge >= 0.3 is 0 Å². The molecule has 1 atom stereocenters. The average Bonchev–Trinajstić information content (AvgIpc) is 3.41. The fourth-order valence-electron chi connectivity index (χ4n) is 4.40. The first-order valence-electron chi connectivity index (χ1n) is 10.3. The van der Waals surface area contributed by atoms with Crippen LogP contribution in [-0.2, 0) is 24.3 Å². The standard InChI is InChI=1S/C21H26N6O/c28-20(9-8-15-13-16-14-22-10-4-12-27(16)25-15)26-11-3-7-19(26)21-23-17-5-1-2-6-18(17)24-21/h1-2,5-6,13,19,22H,3-4,7-12,14H2,(H,23,24)/t19-/m1/s1. The van der Waals surface area contributed by atoms with Crippen molar-refractivity contribution in [2.45, 2.75) is 51.2 Å². The van der Waals surface area contributed by atoms with Crippen LogP contribution in [0.2, 0.25) is 0 Å². The maximum atomic E-state index is 13.0. The second-order valence-electron chi connectivity index (χ2n) is 7.76. The third-order valence-electron chi connectivity index (χ3n) is 5.83. The topological polar surface area (TPSA) is 78.8 Å². The minimum atomic E-state index is 0.0582. The molecule has 1 aromatic carbocycles. The van der Waals surface area contributed by atoms with Crippen LogP contribution in [0.15, 0.2) is 30.3 Å². The van der Waals surface area contributed by atoms with Crippen LogP contribution in [0.4, 0.5) is 0 Å². The molecule has 0 radical (unpaired) electrons. The number of aromatic nitrogens is 4. The number of carbonyl (C=O) groups excluding carboxylic acids is 1. The fraction of sp³-hybridized carbons (Fsp3) is 0.476. The number of benzene rings is 1. The maximum absolute atomic E-state index is 13.0. The summed E-state index contributed by atoms with van der Waals surface area (Å²) in [6.07, 6.45) is 4.29. The van der Waals surface area contributed by atoms with E-state index in [0.29, 0.717) is 12.8 Å². The van der Waals surface area contributed by atoms with Gasteiger partial charge in [-0.15, -0.1) is 0 Å². The number of likely N-dealkylation sites (tertiary alicyclic amines) is 1. The molecule has 1 saturated heterocycles. The van der Waals surface area contributed by atoms with Crippen molar-refractivity contribution in [1.82, 2.24) is 30.0 Å². The molecule has 2 N–H and O–H groups in total. The molecule has 2 aliphatic rings. The molecule has 28 heavy (non-hydrogen) atoms. The van der Waals surface area contributed by atoms with Gasteiger partial charge in [0.05, 0.1) is 28.5 Å². The fourth-order valence-corrected chi connectivity index (χ4v) is 4.40. The second kappa shape index (κ2) is 7.39. The van der Waals surface area contributed by atoms with Crippen LogP contribution in [-0.4, -0.2) is 43.6 Å². The van der Waals surface area contributed by atoms with Crippen molar-refractivity contribution in [3.8, 4) is 0 Å². The van der Waals surface area contributed by atoms with Gasteiger partial charge in [-0.3, -0.25) is 9.48 Å². The lowest BCUT2D eigenvalue weighted by Gasteiger charge is -2.23. The van der Waals surface area contributed by atoms with Crippen molar-refractivity contribution < 1.29 is 4.79 Å². The molecule has 4 heterocycles. The summed E-state index contributed by atoms with van der Waals surface area (Å²) in [5.74, 6) is 1.11. The number of fused-ring (bicyclic) bond motifs is 2. The molecule has 5 rings (SSSR count). The zero-order valence-corrected chi connectivity index (χ0v) is 16.0. The van der Waals surface area contributed by atoms with Crippen LogP contribution in [0.25, 0.3) is 11.0 Å². The monoisotopic (exact) mass is 378 g/mol. The van der Waals surface area contributed by atoms with Crippen LogP contribution in [0.1, 0.15) is 48.9 Å². The number of aromatic amines is 1. The van der Waals surface area contributed by atoms with E-state index in [2.05, 4.69) is 21.0 Å². The Morgan fingerprint density at radius 2 is 2.14 bits per heavy atom. The van der Waals surface area contributed by atoms with E-state index in [0.717, 1.165) is 68.0 Å². The summed E-state index contributed by atoms with van der Waals surface area (Å²) in [6.45, 7) is 3.66. The molecular weight excluding hydrogens is 352 g/mol. The molecule has 1 fully saturated rings. The van der Waals surface area contributed by atoms with E-state index < -0.39 is 0 Å². The predicted molar refractivity (Wildman–Crippen MR) is 107 cm³/mol. The highest BCUT2D eigenvalue weighted by atomic mass is 16.2. The van der Waals surface area contributed by atoms with Gasteiger partial charge in [-0.25, -0.2) is 4.98 Å². The molecule has 7 heteroatoms. The highest BCUT2D eigenvalue weighted by Crippen LogP contribution is 2.32. The van der Waals surface area contributed by atoms with Crippen molar-refractivity contribution in [3.05, 3.63) is 47.5 Å². The van der Waals surface area contributed by atoms with E-state index in [4.69, 9.17) is 10.1 Å². The molecule has 146 valence electrons. The Kier molecular flexibility index (Phi) is 4.60. The number of H-pyrrole nitrogens is 1. The predicted octanol–water partition coefficient (Wildman–Crippen LogP) is 2.55. The molecule has 2 aliphatic heterocycles. The van der Waals surface area contributed by atoms with E-state index in [9.17, 15) is 4.79 Å². The summed E-state index contributed by atoms with van der Waals surface area (Å²) >= 11 is 0. The van der Waals surface area contributed by atoms with Gasteiger partial charge in [0.15, 0.2) is 0 Å². The molecule has 3 aromatic rings. The number of imidazole rings is 1. The number of hydrogen-bond acceptors (Lipinski definition) is 4. The quantitative estimate of drug-likeness (QED) is 0.731. The van der Waals surface area contributed by atoms with Crippen LogP contribution < -0.4 is 5.32 Å².